The highest BCUT2D eigenvalue weighted by Gasteiger charge is 2.08. The van der Waals surface area contributed by atoms with Gasteiger partial charge in [0.05, 0.1) is 16.8 Å². The molecule has 1 amide bonds. The Morgan fingerprint density at radius 3 is 2.76 bits per heavy atom. The molecule has 0 spiro atoms. The van der Waals surface area contributed by atoms with E-state index in [9.17, 15) is 14.9 Å². The number of carbonyl (C=O) groups excluding carboxylic acids is 1. The van der Waals surface area contributed by atoms with Crippen molar-refractivity contribution in [1.29, 1.82) is 0 Å². The number of non-ortho nitro benzene ring substituents is 1. The fourth-order valence-corrected chi connectivity index (χ4v) is 2.22. The number of nitro benzene ring substituents is 1. The van der Waals surface area contributed by atoms with Gasteiger partial charge in [0, 0.05) is 29.7 Å². The van der Waals surface area contributed by atoms with Gasteiger partial charge in [0.2, 0.25) is 0 Å². The molecule has 2 aromatic heterocycles. The summed E-state index contributed by atoms with van der Waals surface area (Å²) in [6.45, 7) is 1.80. The van der Waals surface area contributed by atoms with E-state index in [-0.39, 0.29) is 11.4 Å². The summed E-state index contributed by atoms with van der Waals surface area (Å²) < 4.78 is 1.79. The smallest absolute Gasteiger partial charge is 0.291 e. The molecular formula is C16H14N6O3. The lowest BCUT2D eigenvalue weighted by Gasteiger charge is -2.05. The zero-order chi connectivity index (χ0) is 17.8. The van der Waals surface area contributed by atoms with Crippen molar-refractivity contribution in [2.75, 3.05) is 0 Å². The molecule has 0 saturated heterocycles. The number of aromatic nitrogens is 3. The number of aromatic amines is 1. The van der Waals surface area contributed by atoms with Crippen molar-refractivity contribution in [3.63, 3.8) is 0 Å². The van der Waals surface area contributed by atoms with E-state index in [0.717, 1.165) is 11.4 Å². The van der Waals surface area contributed by atoms with E-state index in [2.05, 4.69) is 20.7 Å². The highest BCUT2D eigenvalue weighted by molar-refractivity contribution is 5.93. The third-order valence-electron chi connectivity index (χ3n) is 3.42. The minimum atomic E-state index is -0.450. The van der Waals surface area contributed by atoms with Gasteiger partial charge in [-0.3, -0.25) is 20.0 Å². The number of nitrogens with zero attached hydrogens (tertiary/aromatic N) is 4. The van der Waals surface area contributed by atoms with E-state index in [1.165, 1.54) is 18.3 Å². The summed E-state index contributed by atoms with van der Waals surface area (Å²) in [4.78, 5) is 22.1. The van der Waals surface area contributed by atoms with Gasteiger partial charge in [-0.1, -0.05) is 0 Å². The molecule has 1 aromatic carbocycles. The van der Waals surface area contributed by atoms with Crippen LogP contribution in [0, 0.1) is 17.0 Å². The Labute approximate surface area is 142 Å². The fraction of sp³-hybridized carbons (Fsp3) is 0.0625. The average Bonchev–Trinajstić information content (AvgIpc) is 3.24. The van der Waals surface area contributed by atoms with Crippen molar-refractivity contribution in [1.82, 2.24) is 20.2 Å². The molecule has 0 aliphatic heterocycles. The minimum absolute atomic E-state index is 0.0210. The predicted octanol–water partition coefficient (Wildman–Crippen LogP) is 2.18. The molecule has 2 N–H and O–H groups in total. The lowest BCUT2D eigenvalue weighted by molar-refractivity contribution is -0.384. The maximum atomic E-state index is 11.9. The average molecular weight is 338 g/mol. The second-order valence-corrected chi connectivity index (χ2v) is 5.21. The fourth-order valence-electron chi connectivity index (χ4n) is 2.22. The lowest BCUT2D eigenvalue weighted by Crippen LogP contribution is -2.18. The van der Waals surface area contributed by atoms with Crippen LogP contribution in [0.25, 0.3) is 5.69 Å². The first kappa shape index (κ1) is 16.1. The van der Waals surface area contributed by atoms with Gasteiger partial charge in [-0.05, 0) is 37.3 Å². The van der Waals surface area contributed by atoms with Gasteiger partial charge in [-0.15, -0.1) is 0 Å². The van der Waals surface area contributed by atoms with Crippen LogP contribution in [-0.4, -0.2) is 31.8 Å². The maximum Gasteiger partial charge on any atom is 0.291 e. The van der Waals surface area contributed by atoms with Crippen LogP contribution in [-0.2, 0) is 0 Å². The number of nitrogens with one attached hydrogen (secondary N) is 2. The highest BCUT2D eigenvalue weighted by atomic mass is 16.6. The van der Waals surface area contributed by atoms with Crippen LogP contribution < -0.4 is 5.43 Å². The van der Waals surface area contributed by atoms with Crippen molar-refractivity contribution in [2.24, 2.45) is 5.10 Å². The minimum Gasteiger partial charge on any atom is -0.316 e. The SMILES string of the molecule is Cc1cc(C(=O)N/N=C/c2cccn2-c2ccc([N+](=O)[O-])cc2)n[nH]1. The molecule has 2 heterocycles. The number of carbonyl (C=O) groups is 1. The summed E-state index contributed by atoms with van der Waals surface area (Å²) in [7, 11) is 0. The van der Waals surface area contributed by atoms with Gasteiger partial charge < -0.3 is 4.57 Å². The van der Waals surface area contributed by atoms with Crippen molar-refractivity contribution >= 4 is 17.8 Å². The second kappa shape index (κ2) is 6.79. The molecule has 126 valence electrons. The molecule has 0 atom stereocenters. The molecule has 3 aromatic rings. The number of hydrazone groups is 1. The summed E-state index contributed by atoms with van der Waals surface area (Å²) in [6, 6.07) is 11.4. The molecule has 0 radical (unpaired) electrons. The first-order valence-corrected chi connectivity index (χ1v) is 7.32. The Bertz CT molecular complexity index is 939. The first-order chi connectivity index (χ1) is 12.0. The zero-order valence-electron chi connectivity index (χ0n) is 13.2. The standard InChI is InChI=1S/C16H14N6O3/c1-11-9-15(19-18-11)16(23)20-17-10-14-3-2-8-21(14)12-4-6-13(7-5-12)22(24)25/h2-10H,1H3,(H,18,19)(H,20,23)/b17-10+. The monoisotopic (exact) mass is 338 g/mol. The topological polar surface area (TPSA) is 118 Å². The zero-order valence-corrected chi connectivity index (χ0v) is 13.2. The number of amides is 1. The van der Waals surface area contributed by atoms with Crippen molar-refractivity contribution in [3.8, 4) is 5.69 Å². The molecule has 0 bridgehead atoms. The first-order valence-electron chi connectivity index (χ1n) is 7.32. The Kier molecular flexibility index (Phi) is 4.38. The van der Waals surface area contributed by atoms with E-state index in [0.29, 0.717) is 5.69 Å². The van der Waals surface area contributed by atoms with E-state index in [4.69, 9.17) is 0 Å². The quantitative estimate of drug-likeness (QED) is 0.421. The van der Waals surface area contributed by atoms with Crippen molar-refractivity contribution < 1.29 is 9.72 Å². The Hall–Kier alpha value is -3.75. The third kappa shape index (κ3) is 3.61. The van der Waals surface area contributed by atoms with Gasteiger partial charge in [0.25, 0.3) is 11.6 Å². The van der Waals surface area contributed by atoms with E-state index in [1.54, 1.807) is 42.0 Å². The van der Waals surface area contributed by atoms with Gasteiger partial charge >= 0.3 is 0 Å². The van der Waals surface area contributed by atoms with Crippen molar-refractivity contribution in [3.05, 3.63) is 75.9 Å². The molecule has 0 aliphatic carbocycles. The molecule has 0 unspecified atom stereocenters. The third-order valence-corrected chi connectivity index (χ3v) is 3.42. The van der Waals surface area contributed by atoms with E-state index >= 15 is 0 Å². The van der Waals surface area contributed by atoms with Gasteiger partial charge in [0.1, 0.15) is 0 Å². The van der Waals surface area contributed by atoms with Crippen LogP contribution >= 0.6 is 0 Å². The summed E-state index contributed by atoms with van der Waals surface area (Å²) in [5.41, 5.74) is 4.89. The molecular weight excluding hydrogens is 324 g/mol. The van der Waals surface area contributed by atoms with E-state index in [1.807, 2.05) is 6.07 Å². The van der Waals surface area contributed by atoms with Crippen LogP contribution in [0.15, 0.2) is 53.8 Å². The largest absolute Gasteiger partial charge is 0.316 e. The molecule has 0 saturated carbocycles. The van der Waals surface area contributed by atoms with Gasteiger partial charge in [-0.25, -0.2) is 5.43 Å². The Morgan fingerprint density at radius 1 is 1.36 bits per heavy atom. The van der Waals surface area contributed by atoms with E-state index < -0.39 is 10.8 Å². The number of hydrogen-bond donors (Lipinski definition) is 2. The molecule has 9 nitrogen and oxygen atoms in total. The lowest BCUT2D eigenvalue weighted by atomic mass is 10.3. The van der Waals surface area contributed by atoms with Crippen molar-refractivity contribution in [2.45, 2.75) is 6.92 Å². The maximum absolute atomic E-state index is 11.9. The molecule has 0 fully saturated rings. The van der Waals surface area contributed by atoms with Crippen LogP contribution in [0.3, 0.4) is 0 Å². The predicted molar refractivity (Wildman–Crippen MR) is 90.8 cm³/mol. The summed E-state index contributed by atoms with van der Waals surface area (Å²) in [6.07, 6.45) is 3.28. The number of nitro groups is 1. The highest BCUT2D eigenvalue weighted by Crippen LogP contribution is 2.16. The van der Waals surface area contributed by atoms with Gasteiger partial charge in [-0.2, -0.15) is 10.2 Å². The number of H-pyrrole nitrogens is 1. The van der Waals surface area contributed by atoms with Crippen LogP contribution in [0.4, 0.5) is 5.69 Å². The Balaban J connectivity index is 1.73. The Morgan fingerprint density at radius 2 is 2.12 bits per heavy atom. The van der Waals surface area contributed by atoms with Crippen LogP contribution in [0.5, 0.6) is 0 Å². The molecule has 0 aliphatic rings. The number of benzene rings is 1. The summed E-state index contributed by atoms with van der Waals surface area (Å²) in [5, 5.41) is 21.2. The van der Waals surface area contributed by atoms with Crippen LogP contribution in [0.1, 0.15) is 21.9 Å². The van der Waals surface area contributed by atoms with Crippen LogP contribution in [0.2, 0.25) is 0 Å². The molecule has 9 heteroatoms. The summed E-state index contributed by atoms with van der Waals surface area (Å²) in [5.74, 6) is -0.422. The molecule has 3 rings (SSSR count). The molecule has 25 heavy (non-hydrogen) atoms. The number of hydrogen-bond acceptors (Lipinski definition) is 5. The van der Waals surface area contributed by atoms with Gasteiger partial charge in [0.15, 0.2) is 5.69 Å². The number of rotatable bonds is 5. The second-order valence-electron chi connectivity index (χ2n) is 5.21. The number of aryl methyl sites for hydroxylation is 1. The normalized spacial score (nSPS) is 10.9. The summed E-state index contributed by atoms with van der Waals surface area (Å²) >= 11 is 0.